The third kappa shape index (κ3) is 2.07. The lowest BCUT2D eigenvalue weighted by molar-refractivity contribution is -0.369. The second kappa shape index (κ2) is 4.52. The Bertz CT molecular complexity index is 287. The van der Waals surface area contributed by atoms with Crippen LogP contribution in [0.2, 0.25) is 0 Å². The summed E-state index contributed by atoms with van der Waals surface area (Å²) >= 11 is 0. The van der Waals surface area contributed by atoms with Crippen molar-refractivity contribution in [2.45, 2.75) is 50.1 Å². The molecular weight excluding hydrogens is 272 g/mol. The third-order valence-corrected chi connectivity index (χ3v) is 3.53. The molecular formula is C10H12F8. The van der Waals surface area contributed by atoms with Crippen LogP contribution in [0.15, 0.2) is 0 Å². The Hall–Kier alpha value is -0.560. The fraction of sp³-hybridized carbons (Fsp3) is 1.00. The Morgan fingerprint density at radius 3 is 1.56 bits per heavy atom. The van der Waals surface area contributed by atoms with E-state index in [9.17, 15) is 35.1 Å². The summed E-state index contributed by atoms with van der Waals surface area (Å²) < 4.78 is 103. The Kier molecular flexibility index (Phi) is 3.89. The van der Waals surface area contributed by atoms with Crippen LogP contribution in [0.4, 0.5) is 35.1 Å². The maximum Gasteiger partial charge on any atom is 0.454 e. The number of hydrogen-bond acceptors (Lipinski definition) is 0. The van der Waals surface area contributed by atoms with Crippen molar-refractivity contribution < 1.29 is 35.1 Å². The van der Waals surface area contributed by atoms with E-state index in [1.165, 1.54) is 0 Å². The van der Waals surface area contributed by atoms with Gasteiger partial charge >= 0.3 is 12.1 Å². The minimum Gasteiger partial charge on any atom is -0.244 e. The smallest absolute Gasteiger partial charge is 0.244 e. The normalized spacial score (nSPS) is 22.0. The molecule has 0 aromatic carbocycles. The van der Waals surface area contributed by atoms with Crippen LogP contribution in [0.1, 0.15) is 32.1 Å². The molecule has 0 spiro atoms. The number of hydrogen-bond donors (Lipinski definition) is 0. The van der Waals surface area contributed by atoms with E-state index in [1.807, 2.05) is 0 Å². The van der Waals surface area contributed by atoms with Gasteiger partial charge in [0.05, 0.1) is 0 Å². The van der Waals surface area contributed by atoms with Crippen LogP contribution in [0, 0.1) is 5.41 Å². The van der Waals surface area contributed by atoms with Gasteiger partial charge in [0.25, 0.3) is 5.92 Å². The number of halogens is 8. The summed E-state index contributed by atoms with van der Waals surface area (Å²) in [6, 6.07) is 0. The van der Waals surface area contributed by atoms with Gasteiger partial charge < -0.3 is 0 Å². The van der Waals surface area contributed by atoms with Crippen LogP contribution in [-0.2, 0) is 0 Å². The van der Waals surface area contributed by atoms with E-state index >= 15 is 0 Å². The summed E-state index contributed by atoms with van der Waals surface area (Å²) in [6.07, 6.45) is -8.27. The van der Waals surface area contributed by atoms with Crippen LogP contribution in [0.5, 0.6) is 0 Å². The highest BCUT2D eigenvalue weighted by Gasteiger charge is 2.77. The minimum atomic E-state index is -6.11. The lowest BCUT2D eigenvalue weighted by Crippen LogP contribution is -2.62. The molecule has 0 N–H and O–H groups in total. The molecule has 0 radical (unpaired) electrons. The molecule has 18 heavy (non-hydrogen) atoms. The van der Waals surface area contributed by atoms with Crippen LogP contribution in [0.3, 0.4) is 0 Å². The number of alkyl halides is 8. The van der Waals surface area contributed by atoms with Gasteiger partial charge in [-0.1, -0.05) is 19.3 Å². The van der Waals surface area contributed by atoms with Crippen molar-refractivity contribution in [3.63, 3.8) is 0 Å². The second-order valence-corrected chi connectivity index (χ2v) is 4.55. The first-order valence-electron chi connectivity index (χ1n) is 5.40. The summed E-state index contributed by atoms with van der Waals surface area (Å²) in [5.41, 5.74) is -3.66. The van der Waals surface area contributed by atoms with Gasteiger partial charge in [-0.15, -0.1) is 0 Å². The molecule has 0 atom stereocenters. The molecule has 1 aliphatic rings. The first kappa shape index (κ1) is 15.5. The summed E-state index contributed by atoms with van der Waals surface area (Å²) in [5, 5.41) is 0. The quantitative estimate of drug-likeness (QED) is 0.657. The van der Waals surface area contributed by atoms with Crippen LogP contribution >= 0.6 is 0 Å². The topological polar surface area (TPSA) is 0 Å². The fourth-order valence-electron chi connectivity index (χ4n) is 2.46. The summed E-state index contributed by atoms with van der Waals surface area (Å²) in [4.78, 5) is 0. The Morgan fingerprint density at radius 2 is 1.22 bits per heavy atom. The van der Waals surface area contributed by atoms with Gasteiger partial charge in [-0.25, -0.2) is 13.2 Å². The molecule has 0 heterocycles. The maximum absolute atomic E-state index is 13.4. The zero-order valence-electron chi connectivity index (χ0n) is 9.27. The van der Waals surface area contributed by atoms with Crippen LogP contribution in [-0.4, -0.2) is 24.7 Å². The van der Waals surface area contributed by atoms with Crippen molar-refractivity contribution in [3.05, 3.63) is 0 Å². The lowest BCUT2D eigenvalue weighted by atomic mass is 9.65. The fourth-order valence-corrected chi connectivity index (χ4v) is 2.46. The van der Waals surface area contributed by atoms with Crippen molar-refractivity contribution in [1.82, 2.24) is 0 Å². The molecule has 8 heteroatoms. The largest absolute Gasteiger partial charge is 0.454 e. The molecule has 0 amide bonds. The average Bonchev–Trinajstić information content (AvgIpc) is 2.28. The van der Waals surface area contributed by atoms with Crippen LogP contribution in [0.25, 0.3) is 0 Å². The van der Waals surface area contributed by atoms with Gasteiger partial charge in [-0.3, -0.25) is 0 Å². The molecule has 1 fully saturated rings. The van der Waals surface area contributed by atoms with Crippen molar-refractivity contribution in [2.75, 3.05) is 6.67 Å². The Morgan fingerprint density at radius 1 is 0.778 bits per heavy atom. The van der Waals surface area contributed by atoms with Crippen LogP contribution < -0.4 is 0 Å². The van der Waals surface area contributed by atoms with Gasteiger partial charge in [0, 0.05) is 0 Å². The minimum absolute atomic E-state index is 0.193. The first-order valence-corrected chi connectivity index (χ1v) is 5.40. The SMILES string of the molecule is FCC(F)(F)C1(C(F)(F)C(F)(F)F)CCCCC1. The van der Waals surface area contributed by atoms with E-state index in [0.717, 1.165) is 0 Å². The standard InChI is InChI=1S/C10H12F8/c11-6-8(12,13)7(4-2-1-3-5-7)9(14,15)10(16,17)18/h1-6H2. The van der Waals surface area contributed by atoms with E-state index in [0.29, 0.717) is 0 Å². The Labute approximate surface area is 98.3 Å². The molecule has 0 aromatic heterocycles. The van der Waals surface area contributed by atoms with E-state index in [2.05, 4.69) is 0 Å². The molecule has 1 rings (SSSR count). The zero-order valence-corrected chi connectivity index (χ0v) is 9.27. The Balaban J connectivity index is 3.29. The second-order valence-electron chi connectivity index (χ2n) is 4.55. The van der Waals surface area contributed by atoms with E-state index in [-0.39, 0.29) is 19.3 Å². The van der Waals surface area contributed by atoms with E-state index in [4.69, 9.17) is 0 Å². The van der Waals surface area contributed by atoms with Gasteiger partial charge in [0.15, 0.2) is 6.67 Å². The highest BCUT2D eigenvalue weighted by Crippen LogP contribution is 2.61. The maximum atomic E-state index is 13.4. The molecule has 108 valence electrons. The molecule has 0 bridgehead atoms. The molecule has 1 aliphatic carbocycles. The lowest BCUT2D eigenvalue weighted by Gasteiger charge is -2.47. The third-order valence-electron chi connectivity index (χ3n) is 3.53. The molecule has 1 saturated carbocycles. The van der Waals surface area contributed by atoms with Gasteiger partial charge in [0.2, 0.25) is 0 Å². The highest BCUT2D eigenvalue weighted by molar-refractivity contribution is 5.06. The average molecular weight is 284 g/mol. The summed E-state index contributed by atoms with van der Waals surface area (Å²) in [5.74, 6) is -10.3. The predicted molar refractivity (Wildman–Crippen MR) is 47.4 cm³/mol. The highest BCUT2D eigenvalue weighted by atomic mass is 19.4. The van der Waals surface area contributed by atoms with Crippen molar-refractivity contribution in [3.8, 4) is 0 Å². The van der Waals surface area contributed by atoms with E-state index in [1.54, 1.807) is 0 Å². The predicted octanol–water partition coefficient (Wildman–Crippen LogP) is 4.74. The number of rotatable bonds is 3. The molecule has 0 aromatic rings. The van der Waals surface area contributed by atoms with Crippen molar-refractivity contribution >= 4 is 0 Å². The zero-order chi connectivity index (χ0) is 14.2. The monoisotopic (exact) mass is 284 g/mol. The molecule has 0 nitrogen and oxygen atoms in total. The van der Waals surface area contributed by atoms with Gasteiger partial charge in [0.1, 0.15) is 5.41 Å². The summed E-state index contributed by atoms with van der Waals surface area (Å²) in [6.45, 7) is -2.52. The van der Waals surface area contributed by atoms with Crippen molar-refractivity contribution in [2.24, 2.45) is 5.41 Å². The van der Waals surface area contributed by atoms with Gasteiger partial charge in [-0.2, -0.15) is 22.0 Å². The molecule has 0 unspecified atom stereocenters. The molecule has 0 saturated heterocycles. The van der Waals surface area contributed by atoms with Gasteiger partial charge in [-0.05, 0) is 12.8 Å². The first-order chi connectivity index (χ1) is 8.02. The van der Waals surface area contributed by atoms with Crippen molar-refractivity contribution in [1.29, 1.82) is 0 Å². The van der Waals surface area contributed by atoms with E-state index < -0.39 is 43.0 Å². The molecule has 0 aliphatic heterocycles. The summed E-state index contributed by atoms with van der Waals surface area (Å²) in [7, 11) is 0.